The van der Waals surface area contributed by atoms with Crippen LogP contribution >= 0.6 is 11.3 Å². The number of amides is 1. The molecule has 5 rings (SSSR count). The number of aryl methyl sites for hydroxylation is 1. The number of aromatic nitrogens is 2. The first-order valence-electron chi connectivity index (χ1n) is 11.3. The van der Waals surface area contributed by atoms with Gasteiger partial charge in [-0.2, -0.15) is 0 Å². The Labute approximate surface area is 198 Å². The molecule has 0 saturated carbocycles. The number of hydrogen-bond acceptors (Lipinski definition) is 7. The van der Waals surface area contributed by atoms with Crippen molar-refractivity contribution in [3.05, 3.63) is 75.5 Å². The molecule has 1 saturated heterocycles. The van der Waals surface area contributed by atoms with Crippen molar-refractivity contribution in [3.8, 4) is 5.75 Å². The molecule has 7 nitrogen and oxygen atoms in total. The zero-order valence-corrected chi connectivity index (χ0v) is 19.6. The number of fused-ring (bicyclic) bond motifs is 1. The molecule has 172 valence electrons. The molecule has 0 radical (unpaired) electrons. The molecule has 2 aromatic heterocycles. The van der Waals surface area contributed by atoms with E-state index in [0.29, 0.717) is 39.3 Å². The topological polar surface area (TPSA) is 67.8 Å². The average Bonchev–Trinajstić information content (AvgIpc) is 3.42. The molecule has 1 unspecified atom stereocenters. The van der Waals surface area contributed by atoms with Gasteiger partial charge in [-0.15, -0.1) is 11.3 Å². The number of ether oxygens (including phenoxy) is 2. The zero-order valence-electron chi connectivity index (χ0n) is 18.8. The lowest BCUT2D eigenvalue weighted by atomic mass is 10.1. The largest absolute Gasteiger partial charge is 0.493 e. The molecule has 0 N–H and O–H groups in total. The number of benzene rings is 1. The van der Waals surface area contributed by atoms with Crippen LogP contribution in [0.2, 0.25) is 0 Å². The lowest BCUT2D eigenvalue weighted by Crippen LogP contribution is -2.37. The van der Waals surface area contributed by atoms with Crippen molar-refractivity contribution in [1.82, 2.24) is 19.8 Å². The fourth-order valence-corrected chi connectivity index (χ4v) is 5.00. The average molecular weight is 465 g/mol. The van der Waals surface area contributed by atoms with Crippen molar-refractivity contribution in [1.29, 1.82) is 0 Å². The monoisotopic (exact) mass is 464 g/mol. The highest BCUT2D eigenvalue weighted by atomic mass is 32.1. The fraction of sp³-hybridized carbons (Fsp3) is 0.400. The van der Waals surface area contributed by atoms with Gasteiger partial charge in [-0.3, -0.25) is 14.7 Å². The number of carbonyl (C=O) groups is 1. The fourth-order valence-electron chi connectivity index (χ4n) is 4.39. The molecule has 0 aliphatic carbocycles. The van der Waals surface area contributed by atoms with E-state index in [4.69, 9.17) is 9.47 Å². The van der Waals surface area contributed by atoms with Gasteiger partial charge in [-0.1, -0.05) is 12.1 Å². The summed E-state index contributed by atoms with van der Waals surface area (Å²) in [7, 11) is 0. The number of pyridine rings is 1. The molecule has 1 fully saturated rings. The smallest absolute Gasteiger partial charge is 0.237 e. The summed E-state index contributed by atoms with van der Waals surface area (Å²) in [6, 6.07) is 10.3. The van der Waals surface area contributed by atoms with Gasteiger partial charge in [-0.25, -0.2) is 4.98 Å². The quantitative estimate of drug-likeness (QED) is 0.535. The third-order valence-electron chi connectivity index (χ3n) is 6.01. The lowest BCUT2D eigenvalue weighted by Gasteiger charge is -2.24. The SMILES string of the molecule is Cc1nc(CN2CC(OCc3ccncc3)CN(Cc3ccc4c(c3)CCO4)CC2=O)cs1. The molecule has 2 aliphatic rings. The standard InChI is InChI=1S/C25H28N4O3S/c1-18-27-22(17-33-18)12-29-14-23(32-16-19-4-7-26-8-5-19)13-28(15-25(29)30)11-20-2-3-24-21(10-20)6-9-31-24/h2-5,7-8,10,17,23H,6,9,11-16H2,1H3. The van der Waals surface area contributed by atoms with Gasteiger partial charge >= 0.3 is 0 Å². The second-order valence-corrected chi connectivity index (χ2v) is 9.69. The van der Waals surface area contributed by atoms with Crippen LogP contribution in [0.3, 0.4) is 0 Å². The third kappa shape index (κ3) is 5.58. The van der Waals surface area contributed by atoms with Crippen LogP contribution < -0.4 is 4.74 Å². The molecule has 1 aromatic carbocycles. The minimum atomic E-state index is -0.0953. The Morgan fingerprint density at radius 3 is 2.85 bits per heavy atom. The molecular weight excluding hydrogens is 436 g/mol. The van der Waals surface area contributed by atoms with Gasteiger partial charge in [0, 0.05) is 43.8 Å². The highest BCUT2D eigenvalue weighted by Gasteiger charge is 2.29. The molecule has 8 heteroatoms. The maximum Gasteiger partial charge on any atom is 0.237 e. The predicted octanol–water partition coefficient (Wildman–Crippen LogP) is 3.21. The summed E-state index contributed by atoms with van der Waals surface area (Å²) in [6.45, 7) is 6.06. The summed E-state index contributed by atoms with van der Waals surface area (Å²) in [4.78, 5) is 25.9. The van der Waals surface area contributed by atoms with Gasteiger partial charge in [0.2, 0.25) is 5.91 Å². The van der Waals surface area contributed by atoms with Crippen molar-refractivity contribution in [2.75, 3.05) is 26.2 Å². The van der Waals surface area contributed by atoms with Crippen LogP contribution in [0.4, 0.5) is 0 Å². The van der Waals surface area contributed by atoms with Crippen molar-refractivity contribution in [3.63, 3.8) is 0 Å². The van der Waals surface area contributed by atoms with E-state index < -0.39 is 0 Å². The number of thiazole rings is 1. The summed E-state index contributed by atoms with van der Waals surface area (Å²) in [6.07, 6.45) is 4.40. The molecule has 3 aromatic rings. The van der Waals surface area contributed by atoms with Crippen LogP contribution in [0.5, 0.6) is 5.75 Å². The van der Waals surface area contributed by atoms with Gasteiger partial charge in [0.25, 0.3) is 0 Å². The second kappa shape index (κ2) is 9.99. The van der Waals surface area contributed by atoms with E-state index in [-0.39, 0.29) is 12.0 Å². The van der Waals surface area contributed by atoms with E-state index in [9.17, 15) is 4.79 Å². The number of nitrogens with zero attached hydrogens (tertiary/aromatic N) is 4. The van der Waals surface area contributed by atoms with Crippen LogP contribution in [-0.2, 0) is 35.6 Å². The zero-order chi connectivity index (χ0) is 22.6. The Bertz CT molecular complexity index is 1100. The van der Waals surface area contributed by atoms with Crippen LogP contribution in [0.25, 0.3) is 0 Å². The highest BCUT2D eigenvalue weighted by Crippen LogP contribution is 2.27. The first-order chi connectivity index (χ1) is 16.1. The number of hydrogen-bond donors (Lipinski definition) is 0. The van der Waals surface area contributed by atoms with Crippen LogP contribution in [0.15, 0.2) is 48.1 Å². The molecule has 0 spiro atoms. The van der Waals surface area contributed by atoms with E-state index in [1.54, 1.807) is 23.7 Å². The van der Waals surface area contributed by atoms with Gasteiger partial charge in [0.05, 0.1) is 43.1 Å². The first kappa shape index (κ1) is 22.0. The van der Waals surface area contributed by atoms with Crippen molar-refractivity contribution in [2.24, 2.45) is 0 Å². The summed E-state index contributed by atoms with van der Waals surface area (Å²) < 4.78 is 12.0. The van der Waals surface area contributed by atoms with Gasteiger partial charge in [-0.05, 0) is 41.8 Å². The van der Waals surface area contributed by atoms with Crippen LogP contribution in [0.1, 0.15) is 27.4 Å². The molecule has 1 amide bonds. The molecule has 0 bridgehead atoms. The molecular formula is C25H28N4O3S. The summed E-state index contributed by atoms with van der Waals surface area (Å²) >= 11 is 1.61. The Kier molecular flexibility index (Phi) is 6.66. The number of carbonyl (C=O) groups excluding carboxylic acids is 1. The van der Waals surface area contributed by atoms with Crippen LogP contribution in [-0.4, -0.2) is 58.0 Å². The van der Waals surface area contributed by atoms with Crippen molar-refractivity contribution >= 4 is 17.2 Å². The first-order valence-corrected chi connectivity index (χ1v) is 12.2. The Morgan fingerprint density at radius 2 is 2.03 bits per heavy atom. The van der Waals surface area contributed by atoms with Crippen molar-refractivity contribution in [2.45, 2.75) is 39.1 Å². The van der Waals surface area contributed by atoms with E-state index in [0.717, 1.165) is 35.0 Å². The van der Waals surface area contributed by atoms with Gasteiger partial charge in [0.15, 0.2) is 0 Å². The minimum absolute atomic E-state index is 0.0953. The third-order valence-corrected chi connectivity index (χ3v) is 6.83. The van der Waals surface area contributed by atoms with Gasteiger partial charge < -0.3 is 14.4 Å². The molecule has 33 heavy (non-hydrogen) atoms. The summed E-state index contributed by atoms with van der Waals surface area (Å²) in [5.74, 6) is 1.09. The number of rotatable bonds is 7. The van der Waals surface area contributed by atoms with Crippen molar-refractivity contribution < 1.29 is 14.3 Å². The Hall–Kier alpha value is -2.81. The maximum absolute atomic E-state index is 13.2. The summed E-state index contributed by atoms with van der Waals surface area (Å²) in [5.41, 5.74) is 4.46. The Morgan fingerprint density at radius 1 is 1.15 bits per heavy atom. The second-order valence-electron chi connectivity index (χ2n) is 8.63. The summed E-state index contributed by atoms with van der Waals surface area (Å²) in [5, 5.41) is 3.05. The highest BCUT2D eigenvalue weighted by molar-refractivity contribution is 7.09. The van der Waals surface area contributed by atoms with E-state index in [2.05, 4.69) is 27.0 Å². The van der Waals surface area contributed by atoms with Crippen LogP contribution in [0, 0.1) is 6.92 Å². The van der Waals surface area contributed by atoms with Gasteiger partial charge in [0.1, 0.15) is 5.75 Å². The molecule has 4 heterocycles. The molecule has 1 atom stereocenters. The lowest BCUT2D eigenvalue weighted by molar-refractivity contribution is -0.132. The van der Waals surface area contributed by atoms with E-state index in [1.807, 2.05) is 35.4 Å². The normalized spacial score (nSPS) is 18.8. The maximum atomic E-state index is 13.2. The van der Waals surface area contributed by atoms with E-state index in [1.165, 1.54) is 11.1 Å². The van der Waals surface area contributed by atoms with E-state index >= 15 is 0 Å². The predicted molar refractivity (Wildman–Crippen MR) is 126 cm³/mol. The molecule has 2 aliphatic heterocycles. The Balaban J connectivity index is 1.31. The minimum Gasteiger partial charge on any atom is -0.493 e.